The number of carbonyl (C=O) groups excluding carboxylic acids is 2. The number of carboxylic acid groups (broad SMARTS) is 1. The van der Waals surface area contributed by atoms with E-state index in [0.717, 1.165) is 11.9 Å². The fourth-order valence-corrected chi connectivity index (χ4v) is 21.5. The summed E-state index contributed by atoms with van der Waals surface area (Å²) in [7, 11) is 0. The van der Waals surface area contributed by atoms with Gasteiger partial charge in [0.05, 0.1) is 69.5 Å². The first-order valence-electron chi connectivity index (χ1n) is 39.9. The number of ether oxygens (including phenoxy) is 16. The lowest BCUT2D eigenvalue weighted by molar-refractivity contribution is -0.396. The second kappa shape index (κ2) is 34.1. The molecule has 0 spiro atoms. The van der Waals surface area contributed by atoms with Crippen LogP contribution in [0.1, 0.15) is 113 Å². The molecule has 664 valence electrons. The van der Waals surface area contributed by atoms with Crippen molar-refractivity contribution in [1.82, 2.24) is 0 Å². The van der Waals surface area contributed by atoms with Gasteiger partial charge in [0.25, 0.3) is 0 Å². The SMILES string of the molecule is C[C@@H]1O[C@@H](O[C@H]2[C@H](OC(=O)[C@]34CCC(C)(C)C[C@H]3C3=CC[C@@H]5[C@@]6(C)CC[C@H](O[C@@H]7O[C@H](C(=O)O)[C@@H](O)[C@H](O[C@@H]8OC[C@@H](O)[C@H](O)[C@H]8O)[C@H]7O[C@@H]7O[C@H](CO)[C@H](O)[C@H](O)[C@H]7O)[C@@](C)(C=O)[C@@H]6CC[C@@]5(C)[C@]3(C)C[C@H]4O)O[C@H](C)[C@H](O)[C@@H]2O)[C@H](O)[C@H](O[C@@H]2O[C@H](CO)[C@@H](O)[C@H](O)[C@H]2O)[C@H]1O[C@@H]1OC[C@@H](O)[C@H](O[C@@H]2OC[C@](O)(CO)[C@H]2O)[C@H]1O. The fraction of sp³-hybridized carbons (Fsp3) is 0.933. The van der Waals surface area contributed by atoms with Crippen LogP contribution in [0, 0.1) is 50.2 Å². The molecule has 5 aliphatic carbocycles. The van der Waals surface area contributed by atoms with Crippen LogP contribution in [0.2, 0.25) is 0 Å². The van der Waals surface area contributed by atoms with Crippen LogP contribution in [0.15, 0.2) is 11.6 Å². The van der Waals surface area contributed by atoms with Crippen molar-refractivity contribution in [2.45, 2.75) is 346 Å². The summed E-state index contributed by atoms with van der Waals surface area (Å²) in [4.78, 5) is 43.4. The van der Waals surface area contributed by atoms with Crippen LogP contribution in [0.3, 0.4) is 0 Å². The molecule has 22 N–H and O–H groups in total. The van der Waals surface area contributed by atoms with Crippen molar-refractivity contribution < 1.29 is 203 Å². The molecule has 0 aromatic carbocycles. The smallest absolute Gasteiger partial charge is 0.335 e. The first-order valence-corrected chi connectivity index (χ1v) is 39.9. The molecule has 116 heavy (non-hydrogen) atoms. The molecule has 12 fully saturated rings. The lowest BCUT2D eigenvalue weighted by Crippen LogP contribution is -2.69. The van der Waals surface area contributed by atoms with E-state index in [2.05, 4.69) is 26.8 Å². The summed E-state index contributed by atoms with van der Waals surface area (Å²) in [5.74, 6) is -4.28. The topological polar surface area (TPSA) is 644 Å². The molecular weight excluding hydrogens is 1560 g/mol. The van der Waals surface area contributed by atoms with Crippen molar-refractivity contribution in [2.24, 2.45) is 50.2 Å². The van der Waals surface area contributed by atoms with Gasteiger partial charge in [0.2, 0.25) is 6.29 Å². The Bertz CT molecular complexity index is 3430. The average Bonchev–Trinajstić information content (AvgIpc) is 0.711. The molecule has 0 aromatic rings. The second-order valence-electron chi connectivity index (χ2n) is 36.1. The summed E-state index contributed by atoms with van der Waals surface area (Å²) < 4.78 is 96.5. The first kappa shape index (κ1) is 90.6. The van der Waals surface area contributed by atoms with E-state index in [0.29, 0.717) is 38.5 Å². The number of aliphatic carboxylic acids is 1. The molecule has 0 unspecified atom stereocenters. The Labute approximate surface area is 666 Å². The summed E-state index contributed by atoms with van der Waals surface area (Å²) in [6.45, 7) is 10.2. The van der Waals surface area contributed by atoms with Crippen LogP contribution in [0.5, 0.6) is 0 Å². The van der Waals surface area contributed by atoms with E-state index >= 15 is 4.79 Å². The average molecular weight is 1680 g/mol. The summed E-state index contributed by atoms with van der Waals surface area (Å²) in [5, 5.41) is 244. The van der Waals surface area contributed by atoms with Crippen molar-refractivity contribution in [3.63, 3.8) is 0 Å². The van der Waals surface area contributed by atoms with Crippen molar-refractivity contribution in [3.8, 4) is 0 Å². The number of carboxylic acids is 1. The van der Waals surface area contributed by atoms with Crippen molar-refractivity contribution in [3.05, 3.63) is 11.6 Å². The van der Waals surface area contributed by atoms with Crippen LogP contribution in [0.25, 0.3) is 0 Å². The molecule has 8 heterocycles. The maximum Gasteiger partial charge on any atom is 0.335 e. The Balaban J connectivity index is 0.762. The number of fused-ring (bicyclic) bond motifs is 7. The molecule has 0 amide bonds. The quantitative estimate of drug-likeness (QED) is 0.0220. The van der Waals surface area contributed by atoms with E-state index in [1.807, 2.05) is 13.8 Å². The molecule has 0 bridgehead atoms. The Kier molecular flexibility index (Phi) is 26.6. The minimum absolute atomic E-state index is 0.0150. The minimum atomic E-state index is -2.24. The van der Waals surface area contributed by atoms with Gasteiger partial charge in [0.1, 0.15) is 158 Å². The molecule has 41 nitrogen and oxygen atoms in total. The lowest BCUT2D eigenvalue weighted by Gasteiger charge is -2.71. The monoisotopic (exact) mass is 1670 g/mol. The summed E-state index contributed by atoms with van der Waals surface area (Å²) in [6.07, 6.45) is -63.7. The zero-order valence-corrected chi connectivity index (χ0v) is 65.5. The summed E-state index contributed by atoms with van der Waals surface area (Å²) in [5.41, 5.74) is -7.38. The number of aliphatic hydroxyl groups is 21. The largest absolute Gasteiger partial charge is 0.479 e. The Morgan fingerprint density at radius 1 is 0.491 bits per heavy atom. The van der Waals surface area contributed by atoms with Gasteiger partial charge in [-0.3, -0.25) is 4.79 Å². The highest BCUT2D eigenvalue weighted by Gasteiger charge is 2.74. The number of aliphatic hydroxyl groups excluding tert-OH is 20. The predicted octanol–water partition coefficient (Wildman–Crippen LogP) is -8.52. The molecule has 0 radical (unpaired) electrons. The van der Waals surface area contributed by atoms with Crippen molar-refractivity contribution >= 4 is 18.2 Å². The number of hydrogen-bond acceptors (Lipinski definition) is 40. The van der Waals surface area contributed by atoms with Gasteiger partial charge in [-0.15, -0.1) is 0 Å². The van der Waals surface area contributed by atoms with Gasteiger partial charge in [-0.2, -0.15) is 0 Å². The molecule has 41 heteroatoms. The highest BCUT2D eigenvalue weighted by molar-refractivity contribution is 5.80. The molecule has 0 aromatic heterocycles. The maximum atomic E-state index is 16.0. The van der Waals surface area contributed by atoms with E-state index in [4.69, 9.17) is 75.8 Å². The third-order valence-corrected chi connectivity index (χ3v) is 28.7. The maximum absolute atomic E-state index is 16.0. The van der Waals surface area contributed by atoms with Gasteiger partial charge in [-0.05, 0) is 111 Å². The molecule has 13 aliphatic rings. The van der Waals surface area contributed by atoms with E-state index < -0.39 is 329 Å². The molecule has 4 saturated carbocycles. The van der Waals surface area contributed by atoms with Gasteiger partial charge in [-0.25, -0.2) is 4.79 Å². The third kappa shape index (κ3) is 15.5. The predicted molar refractivity (Wildman–Crippen MR) is 375 cm³/mol. The molecule has 8 saturated heterocycles. The van der Waals surface area contributed by atoms with Gasteiger partial charge >= 0.3 is 11.9 Å². The van der Waals surface area contributed by atoms with Crippen molar-refractivity contribution in [2.75, 3.05) is 39.6 Å². The number of allylic oxidation sites excluding steroid dienone is 2. The molecule has 13 rings (SSSR count). The van der Waals surface area contributed by atoms with Gasteiger partial charge in [0.15, 0.2) is 56.2 Å². The first-order chi connectivity index (χ1) is 54.4. The lowest BCUT2D eigenvalue weighted by atomic mass is 9.33. The number of aldehydes is 1. The second-order valence-corrected chi connectivity index (χ2v) is 36.1. The zero-order valence-electron chi connectivity index (χ0n) is 65.5. The Hall–Kier alpha value is -3.09. The number of rotatable bonds is 21. The third-order valence-electron chi connectivity index (χ3n) is 28.7. The van der Waals surface area contributed by atoms with Crippen LogP contribution in [-0.4, -0.2) is 403 Å². The highest BCUT2D eigenvalue weighted by Crippen LogP contribution is 2.76. The minimum Gasteiger partial charge on any atom is -0.479 e. The molecule has 8 aliphatic heterocycles. The van der Waals surface area contributed by atoms with E-state index in [9.17, 15) is 122 Å². The number of esters is 1. The Morgan fingerprint density at radius 2 is 1.03 bits per heavy atom. The van der Waals surface area contributed by atoms with Gasteiger partial charge in [0, 0.05) is 0 Å². The van der Waals surface area contributed by atoms with Crippen LogP contribution >= 0.6 is 0 Å². The standard InChI is InChI=1S/C75H118O41/c1-26-38(83)44(89)56(114-64-50(95)54(112-62-46(91)42(87)40(85)32(19-76)106-62)51(27(2)105-64)109-61-49(94)52(31(81)22-102-61)110-67-58(96)74(100,24-79)25-103-67)65(104-26)116-68(99)75-16-15-69(3,4)17-29(75)28-9-10-35-70(5)13-12-37(71(6,23-78)34(70)11-14-72(35,7)73(28,8)18-36(75)82)108-66-57(115-63-47(92)43(88)41(86)33(20-77)107-63)53(48(93)55(113-66)59(97)98)111-60-45(90)39(84)30(80)21-101-60/h9,23,26-27,29-58,60-67,76-77,79-96,100H,10-22,24-25H2,1-8H3,(H,97,98)/t26-,27+,29+,30-,31-,32-,33-,34-,35-,36-,37+,38+,39+,40-,41+,42+,43+,44+,45-,46-,47-,48+,49-,50-,51+,52+,53+,54+,55+,56-,57-,58+,60+,61+,62+,63+,64+,65+,66-,67+,70+,71+,72-,73-,74-,75-/m1/s1. The highest BCUT2D eigenvalue weighted by atomic mass is 16.8. The Morgan fingerprint density at radius 3 is 1.64 bits per heavy atom. The van der Waals surface area contributed by atoms with Crippen molar-refractivity contribution in [1.29, 1.82) is 0 Å². The van der Waals surface area contributed by atoms with E-state index in [1.54, 1.807) is 6.92 Å². The number of carbonyl (C=O) groups is 3. The van der Waals surface area contributed by atoms with Crippen LogP contribution in [0.4, 0.5) is 0 Å². The summed E-state index contributed by atoms with van der Waals surface area (Å²) in [6, 6.07) is 0. The van der Waals surface area contributed by atoms with Crippen LogP contribution in [-0.2, 0) is 90.2 Å². The van der Waals surface area contributed by atoms with E-state index in [1.165, 1.54) is 13.8 Å². The van der Waals surface area contributed by atoms with E-state index in [-0.39, 0.29) is 25.2 Å². The molecule has 46 atom stereocenters. The summed E-state index contributed by atoms with van der Waals surface area (Å²) >= 11 is 0. The zero-order chi connectivity index (χ0) is 84.7. The molecular formula is C75H118O41. The van der Waals surface area contributed by atoms with Gasteiger partial charge < -0.3 is 193 Å². The van der Waals surface area contributed by atoms with Crippen LogP contribution < -0.4 is 0 Å². The normalized spacial score (nSPS) is 54.9. The fourth-order valence-electron chi connectivity index (χ4n) is 21.5. The van der Waals surface area contributed by atoms with Gasteiger partial charge in [-0.1, -0.05) is 53.2 Å². The number of hydrogen-bond donors (Lipinski definition) is 22.